The van der Waals surface area contributed by atoms with Crippen molar-refractivity contribution in [2.24, 2.45) is 5.92 Å². The number of carbonyl (C=O) groups is 1. The van der Waals surface area contributed by atoms with Gasteiger partial charge in [0.05, 0.1) is 35.2 Å². The van der Waals surface area contributed by atoms with Crippen LogP contribution in [-0.2, 0) is 6.42 Å². The van der Waals surface area contributed by atoms with Gasteiger partial charge in [-0.2, -0.15) is 5.26 Å². The van der Waals surface area contributed by atoms with E-state index in [0.29, 0.717) is 20.8 Å². The molecule has 5 rings (SSSR count). The van der Waals surface area contributed by atoms with Gasteiger partial charge in [-0.15, -0.1) is 0 Å². The van der Waals surface area contributed by atoms with Gasteiger partial charge in [-0.1, -0.05) is 55.0 Å². The highest BCUT2D eigenvalue weighted by molar-refractivity contribution is 7.17. The summed E-state index contributed by atoms with van der Waals surface area (Å²) in [6.45, 7) is 4.39. The Morgan fingerprint density at radius 2 is 2.11 bits per heavy atom. The van der Waals surface area contributed by atoms with Crippen molar-refractivity contribution >= 4 is 39.9 Å². The maximum Gasteiger partial charge on any atom is 0.280 e. The second-order valence-electron chi connectivity index (χ2n) is 9.67. The third kappa shape index (κ3) is 4.99. The molecule has 9 heteroatoms. The number of nitrogens with one attached hydrogen (secondary N) is 1. The van der Waals surface area contributed by atoms with E-state index in [9.17, 15) is 10.1 Å². The lowest BCUT2D eigenvalue weighted by Crippen LogP contribution is -2.39. The van der Waals surface area contributed by atoms with Gasteiger partial charge in [0.25, 0.3) is 5.91 Å². The number of amides is 1. The van der Waals surface area contributed by atoms with Crippen molar-refractivity contribution in [3.8, 4) is 17.3 Å². The topological polar surface area (TPSA) is 96.5 Å². The summed E-state index contributed by atoms with van der Waals surface area (Å²) in [6.07, 6.45) is 7.93. The third-order valence-corrected chi connectivity index (χ3v) is 7.70. The molecule has 1 aliphatic carbocycles. The monoisotopic (exact) mass is 518 g/mol. The van der Waals surface area contributed by atoms with Crippen molar-refractivity contribution in [1.82, 2.24) is 24.8 Å². The third-order valence-electron chi connectivity index (χ3n) is 6.58. The number of imidazole rings is 1. The normalized spacial score (nSPS) is 17.9. The largest absolute Gasteiger partial charge is 0.347 e. The molecule has 1 amide bonds. The van der Waals surface area contributed by atoms with Gasteiger partial charge in [-0.05, 0) is 43.7 Å². The van der Waals surface area contributed by atoms with Crippen LogP contribution in [-0.4, -0.2) is 31.5 Å². The zero-order valence-corrected chi connectivity index (χ0v) is 21.8. The molecule has 1 saturated carbocycles. The van der Waals surface area contributed by atoms with Gasteiger partial charge in [0, 0.05) is 24.1 Å². The van der Waals surface area contributed by atoms with Gasteiger partial charge >= 0.3 is 0 Å². The molecule has 1 fully saturated rings. The predicted molar refractivity (Wildman–Crippen MR) is 142 cm³/mol. The first-order valence-electron chi connectivity index (χ1n) is 12.2. The molecule has 3 heterocycles. The van der Waals surface area contributed by atoms with E-state index in [1.165, 1.54) is 17.5 Å². The zero-order chi connectivity index (χ0) is 25.2. The first kappa shape index (κ1) is 24.4. The number of aromatic nitrogens is 4. The number of pyridine rings is 1. The van der Waals surface area contributed by atoms with Crippen LogP contribution in [0.3, 0.4) is 0 Å². The fourth-order valence-corrected chi connectivity index (χ4v) is 5.87. The number of thiazole rings is 1. The molecule has 0 aliphatic heterocycles. The number of benzene rings is 1. The van der Waals surface area contributed by atoms with Gasteiger partial charge < -0.3 is 9.88 Å². The van der Waals surface area contributed by atoms with Gasteiger partial charge in [-0.25, -0.2) is 9.97 Å². The minimum atomic E-state index is -0.171. The van der Waals surface area contributed by atoms with Gasteiger partial charge in [0.1, 0.15) is 15.7 Å². The van der Waals surface area contributed by atoms with E-state index in [1.54, 1.807) is 0 Å². The fourth-order valence-electron chi connectivity index (χ4n) is 5.05. The lowest BCUT2D eigenvalue weighted by molar-refractivity contribution is 0.0920. The Kier molecular flexibility index (Phi) is 7.04. The molecule has 184 valence electrons. The average molecular weight is 519 g/mol. The molecular formula is C27H27ClN6OS. The van der Waals surface area contributed by atoms with Crippen LogP contribution in [0.4, 0.5) is 0 Å². The first-order valence-corrected chi connectivity index (χ1v) is 13.4. The Morgan fingerprint density at radius 3 is 2.86 bits per heavy atom. The lowest BCUT2D eigenvalue weighted by Gasteiger charge is -2.32. The van der Waals surface area contributed by atoms with Crippen LogP contribution in [0.1, 0.15) is 66.8 Å². The Balaban J connectivity index is 1.50. The SMILES string of the molecule is CC(C)Cc1nc2cnc(-c3ccccc3C#N)cc2n1[C@@H]1CCC[C@H](NC(=O)c2ncc(Cl)s2)C1. The highest BCUT2D eigenvalue weighted by atomic mass is 35.5. The second-order valence-corrected chi connectivity index (χ2v) is 11.3. The van der Waals surface area contributed by atoms with Gasteiger partial charge in [-0.3, -0.25) is 9.78 Å². The summed E-state index contributed by atoms with van der Waals surface area (Å²) in [5, 5.41) is 13.2. The van der Waals surface area contributed by atoms with E-state index >= 15 is 0 Å². The van der Waals surface area contributed by atoms with E-state index in [2.05, 4.69) is 45.8 Å². The standard InChI is InChI=1S/C27H27ClN6OS/c1-16(2)10-25-33-22-14-30-21(20-9-4-3-6-17(20)13-29)12-23(22)34(25)19-8-5-7-18(11-19)32-26(35)27-31-15-24(28)36-27/h3-4,6,9,12,14-16,18-19H,5,7-8,10-11H2,1-2H3,(H,32,35)/t18-,19+/m0/s1. The maximum atomic E-state index is 12.7. The summed E-state index contributed by atoms with van der Waals surface area (Å²) in [6, 6.07) is 12.1. The molecule has 0 spiro atoms. The molecule has 1 aromatic carbocycles. The van der Waals surface area contributed by atoms with Crippen LogP contribution >= 0.6 is 22.9 Å². The molecule has 7 nitrogen and oxygen atoms in total. The molecule has 0 saturated heterocycles. The molecule has 1 aliphatic rings. The van der Waals surface area contributed by atoms with E-state index in [-0.39, 0.29) is 18.0 Å². The number of hydrogen-bond acceptors (Lipinski definition) is 6. The van der Waals surface area contributed by atoms with Crippen molar-refractivity contribution in [2.45, 2.75) is 58.0 Å². The van der Waals surface area contributed by atoms with Crippen LogP contribution in [0, 0.1) is 17.2 Å². The maximum absolute atomic E-state index is 12.7. The van der Waals surface area contributed by atoms with E-state index < -0.39 is 0 Å². The first-order chi connectivity index (χ1) is 17.4. The van der Waals surface area contributed by atoms with Crippen molar-refractivity contribution in [3.05, 3.63) is 63.5 Å². The summed E-state index contributed by atoms with van der Waals surface area (Å²) in [4.78, 5) is 26.5. The van der Waals surface area contributed by atoms with Crippen LogP contribution in [0.2, 0.25) is 4.34 Å². The molecule has 36 heavy (non-hydrogen) atoms. The molecule has 1 N–H and O–H groups in total. The highest BCUT2D eigenvalue weighted by Crippen LogP contribution is 2.35. The Bertz CT molecular complexity index is 1450. The van der Waals surface area contributed by atoms with E-state index in [1.807, 2.05) is 30.5 Å². The van der Waals surface area contributed by atoms with Crippen LogP contribution in [0.5, 0.6) is 0 Å². The molecule has 0 unspecified atom stereocenters. The van der Waals surface area contributed by atoms with E-state index in [4.69, 9.17) is 16.6 Å². The molecule has 4 aromatic rings. The van der Waals surface area contributed by atoms with Crippen molar-refractivity contribution < 1.29 is 4.79 Å². The molecule has 0 radical (unpaired) electrons. The molecular weight excluding hydrogens is 492 g/mol. The Morgan fingerprint density at radius 1 is 1.28 bits per heavy atom. The summed E-state index contributed by atoms with van der Waals surface area (Å²) in [7, 11) is 0. The second kappa shape index (κ2) is 10.4. The number of nitriles is 1. The van der Waals surface area contributed by atoms with Crippen LogP contribution in [0.25, 0.3) is 22.3 Å². The quantitative estimate of drug-likeness (QED) is 0.328. The number of carbonyl (C=O) groups excluding carboxylic acids is 1. The number of fused-ring (bicyclic) bond motifs is 1. The lowest BCUT2D eigenvalue weighted by atomic mass is 9.90. The minimum absolute atomic E-state index is 0.0453. The molecule has 0 bridgehead atoms. The Hall–Kier alpha value is -3.28. The summed E-state index contributed by atoms with van der Waals surface area (Å²) >= 11 is 7.16. The smallest absolute Gasteiger partial charge is 0.280 e. The predicted octanol–water partition coefficient (Wildman–Crippen LogP) is 6.19. The Labute approximate surface area is 219 Å². The summed E-state index contributed by atoms with van der Waals surface area (Å²) in [5.74, 6) is 1.31. The van der Waals surface area contributed by atoms with Gasteiger partial charge in [0.2, 0.25) is 0 Å². The number of halogens is 1. The molecule has 3 aromatic heterocycles. The van der Waals surface area contributed by atoms with Crippen molar-refractivity contribution in [3.63, 3.8) is 0 Å². The van der Waals surface area contributed by atoms with Crippen molar-refractivity contribution in [1.29, 1.82) is 5.26 Å². The summed E-state index contributed by atoms with van der Waals surface area (Å²) < 4.78 is 2.86. The van der Waals surface area contributed by atoms with Crippen molar-refractivity contribution in [2.75, 3.05) is 0 Å². The molecule has 2 atom stereocenters. The number of hydrogen-bond donors (Lipinski definition) is 1. The number of rotatable bonds is 6. The van der Waals surface area contributed by atoms with E-state index in [0.717, 1.165) is 60.2 Å². The van der Waals surface area contributed by atoms with Crippen LogP contribution < -0.4 is 5.32 Å². The zero-order valence-electron chi connectivity index (χ0n) is 20.2. The minimum Gasteiger partial charge on any atom is -0.347 e. The van der Waals surface area contributed by atoms with Crippen LogP contribution in [0.15, 0.2) is 42.7 Å². The summed E-state index contributed by atoms with van der Waals surface area (Å²) in [5.41, 5.74) is 4.05. The number of nitrogens with zero attached hydrogens (tertiary/aromatic N) is 5. The average Bonchev–Trinajstić information content (AvgIpc) is 3.46. The van der Waals surface area contributed by atoms with Gasteiger partial charge in [0.15, 0.2) is 5.01 Å². The highest BCUT2D eigenvalue weighted by Gasteiger charge is 2.29. The fraction of sp³-hybridized carbons (Fsp3) is 0.370.